The largest absolute Gasteiger partial charge is 0.358 e. The minimum absolute atomic E-state index is 0. The van der Waals surface area contributed by atoms with Crippen molar-refractivity contribution in [3.05, 3.63) is 0 Å². The van der Waals surface area contributed by atoms with Crippen LogP contribution in [0, 0.1) is 0 Å². The molecule has 0 unspecified atom stereocenters. The third-order valence-corrected chi connectivity index (χ3v) is 3.87. The minimum Gasteiger partial charge on any atom is -0.358 e. The smallest absolute Gasteiger partial charge is 0.133 e. The third kappa shape index (κ3) is 15.0. The third-order valence-electron chi connectivity index (χ3n) is 3.33. The van der Waals surface area contributed by atoms with Crippen molar-refractivity contribution in [3.63, 3.8) is 0 Å². The van der Waals surface area contributed by atoms with Gasteiger partial charge in [0.05, 0.1) is 0 Å². The van der Waals surface area contributed by atoms with Crippen LogP contribution in [0.2, 0.25) is 0 Å². The summed E-state index contributed by atoms with van der Waals surface area (Å²) in [5.41, 5.74) is 0. The summed E-state index contributed by atoms with van der Waals surface area (Å²) in [7, 11) is 0. The van der Waals surface area contributed by atoms with E-state index in [0.717, 1.165) is 17.4 Å². The van der Waals surface area contributed by atoms with E-state index in [4.69, 9.17) is 12.2 Å². The van der Waals surface area contributed by atoms with Crippen molar-refractivity contribution in [2.75, 3.05) is 13.1 Å². The molecule has 0 fully saturated rings. The summed E-state index contributed by atoms with van der Waals surface area (Å²) >= 11 is 9.55. The van der Waals surface area contributed by atoms with Gasteiger partial charge >= 0.3 is 0 Å². The molecular weight excluding hydrogens is 322 g/mol. The summed E-state index contributed by atoms with van der Waals surface area (Å²) in [6.45, 7) is 6.70. The van der Waals surface area contributed by atoms with E-state index in [-0.39, 0.29) is 17.1 Å². The zero-order valence-corrected chi connectivity index (χ0v) is 15.2. The first kappa shape index (κ1) is 22.0. The predicted molar refractivity (Wildman–Crippen MR) is 90.7 cm³/mol. The molecule has 0 heterocycles. The number of thiol groups is 1. The van der Waals surface area contributed by atoms with Crippen molar-refractivity contribution in [2.45, 2.75) is 78.1 Å². The molecule has 0 N–H and O–H groups in total. The van der Waals surface area contributed by atoms with Crippen molar-refractivity contribution in [1.82, 2.24) is 4.90 Å². The second-order valence-corrected chi connectivity index (χ2v) is 6.21. The number of rotatable bonds is 12. The molecule has 1 nitrogen and oxygen atoms in total. The quantitative estimate of drug-likeness (QED) is 0.215. The molecule has 0 aliphatic carbocycles. The predicted octanol–water partition coefficient (Wildman–Crippen LogP) is 5.44. The van der Waals surface area contributed by atoms with E-state index in [0.29, 0.717) is 0 Å². The number of hydrogen-bond donors (Lipinski definition) is 1. The van der Waals surface area contributed by atoms with E-state index in [1.165, 1.54) is 64.2 Å². The molecule has 119 valence electrons. The molecule has 1 radical (unpaired) electrons. The normalized spacial score (nSPS) is 10.1. The van der Waals surface area contributed by atoms with Crippen LogP contribution in [-0.2, 0) is 17.1 Å². The first-order valence-corrected chi connectivity index (χ1v) is 8.55. The van der Waals surface area contributed by atoms with Gasteiger partial charge in [-0.2, -0.15) is 0 Å². The van der Waals surface area contributed by atoms with Gasteiger partial charge in [0, 0.05) is 30.2 Å². The van der Waals surface area contributed by atoms with E-state index in [9.17, 15) is 0 Å². The van der Waals surface area contributed by atoms with Gasteiger partial charge in [-0.25, -0.2) is 0 Å². The van der Waals surface area contributed by atoms with Crippen LogP contribution in [0.15, 0.2) is 0 Å². The van der Waals surface area contributed by atoms with Crippen LogP contribution in [-0.4, -0.2) is 22.3 Å². The number of unbranched alkanes of at least 4 members (excludes halogenated alkanes) is 8. The Bertz CT molecular complexity index is 187. The Kier molecular flexibility index (Phi) is 19.5. The number of nitrogens with zero attached hydrogens (tertiary/aromatic N) is 1. The molecule has 0 saturated carbocycles. The molecule has 0 bridgehead atoms. The Morgan fingerprint density at radius 2 is 1.16 bits per heavy atom. The van der Waals surface area contributed by atoms with Gasteiger partial charge in [0.15, 0.2) is 0 Å². The zero-order valence-electron chi connectivity index (χ0n) is 12.6. The molecule has 0 saturated heterocycles. The standard InChI is InChI=1S/C15H31NS2.Cu/c1-3-5-7-9-11-13-16(15(17)18)14-12-10-8-6-4-2;/h3-14H2,1-2H3,(H,17,18);. The summed E-state index contributed by atoms with van der Waals surface area (Å²) in [5, 5.41) is 0. The van der Waals surface area contributed by atoms with Gasteiger partial charge in [0.25, 0.3) is 0 Å². The molecule has 0 aliphatic heterocycles. The van der Waals surface area contributed by atoms with Gasteiger partial charge in [0.2, 0.25) is 0 Å². The summed E-state index contributed by atoms with van der Waals surface area (Å²) in [5.74, 6) is 0. The maximum atomic E-state index is 5.21. The fraction of sp³-hybridized carbons (Fsp3) is 0.933. The summed E-state index contributed by atoms with van der Waals surface area (Å²) in [6, 6.07) is 0. The molecule has 0 rings (SSSR count). The van der Waals surface area contributed by atoms with Crippen molar-refractivity contribution < 1.29 is 17.1 Å². The molecule has 0 amide bonds. The van der Waals surface area contributed by atoms with Crippen LogP contribution in [0.5, 0.6) is 0 Å². The Labute approximate surface area is 142 Å². The fourth-order valence-electron chi connectivity index (χ4n) is 2.12. The van der Waals surface area contributed by atoms with Crippen LogP contribution in [0.1, 0.15) is 78.1 Å². The summed E-state index contributed by atoms with van der Waals surface area (Å²) in [6.07, 6.45) is 13.3. The van der Waals surface area contributed by atoms with Crippen LogP contribution < -0.4 is 0 Å². The SMILES string of the molecule is CCCCCCCN(CCCCCCC)C(=S)S.[Cu]. The van der Waals surface area contributed by atoms with E-state index >= 15 is 0 Å². The van der Waals surface area contributed by atoms with Crippen molar-refractivity contribution in [1.29, 1.82) is 0 Å². The average molecular weight is 353 g/mol. The summed E-state index contributed by atoms with van der Waals surface area (Å²) in [4.78, 5) is 2.27. The van der Waals surface area contributed by atoms with Gasteiger partial charge in [-0.1, -0.05) is 77.4 Å². The zero-order chi connectivity index (χ0) is 13.6. The van der Waals surface area contributed by atoms with E-state index in [2.05, 4.69) is 31.4 Å². The van der Waals surface area contributed by atoms with Gasteiger partial charge in [0.1, 0.15) is 4.32 Å². The van der Waals surface area contributed by atoms with Crippen LogP contribution in [0.4, 0.5) is 0 Å². The van der Waals surface area contributed by atoms with Crippen molar-refractivity contribution >= 4 is 29.2 Å². The van der Waals surface area contributed by atoms with E-state index in [1.807, 2.05) is 0 Å². The van der Waals surface area contributed by atoms with Gasteiger partial charge < -0.3 is 4.90 Å². The van der Waals surface area contributed by atoms with Crippen LogP contribution in [0.25, 0.3) is 0 Å². The Hall–Kier alpha value is 0.759. The molecular formula is C15H31CuNS2. The first-order chi connectivity index (χ1) is 8.72. The average Bonchev–Trinajstić information content (AvgIpc) is 2.35. The maximum absolute atomic E-state index is 5.21. The minimum atomic E-state index is 0. The number of hydrogen-bond acceptors (Lipinski definition) is 1. The Morgan fingerprint density at radius 1 is 0.789 bits per heavy atom. The fourth-order valence-corrected chi connectivity index (χ4v) is 2.50. The topological polar surface area (TPSA) is 3.24 Å². The molecule has 0 aromatic heterocycles. The molecule has 19 heavy (non-hydrogen) atoms. The van der Waals surface area contributed by atoms with E-state index in [1.54, 1.807) is 0 Å². The second-order valence-electron chi connectivity index (χ2n) is 5.10. The van der Waals surface area contributed by atoms with Crippen LogP contribution >= 0.6 is 24.8 Å². The summed E-state index contributed by atoms with van der Waals surface area (Å²) < 4.78 is 0.779. The molecule has 0 aliphatic rings. The second kappa shape index (κ2) is 16.8. The molecule has 4 heteroatoms. The van der Waals surface area contributed by atoms with Gasteiger partial charge in [-0.15, -0.1) is 12.6 Å². The van der Waals surface area contributed by atoms with Crippen molar-refractivity contribution in [3.8, 4) is 0 Å². The molecule has 0 spiro atoms. The first-order valence-electron chi connectivity index (χ1n) is 7.70. The van der Waals surface area contributed by atoms with Crippen molar-refractivity contribution in [2.24, 2.45) is 0 Å². The van der Waals surface area contributed by atoms with Gasteiger partial charge in [-0.05, 0) is 12.8 Å². The monoisotopic (exact) mass is 352 g/mol. The molecule has 0 aromatic carbocycles. The van der Waals surface area contributed by atoms with Crippen LogP contribution in [0.3, 0.4) is 0 Å². The maximum Gasteiger partial charge on any atom is 0.133 e. The Balaban J connectivity index is 0. The molecule has 0 atom stereocenters. The van der Waals surface area contributed by atoms with Gasteiger partial charge in [-0.3, -0.25) is 0 Å². The molecule has 0 aromatic rings. The number of thiocarbonyl (C=S) groups is 1. The van der Waals surface area contributed by atoms with E-state index < -0.39 is 0 Å². The Morgan fingerprint density at radius 3 is 1.47 bits per heavy atom.